The highest BCUT2D eigenvalue weighted by Gasteiger charge is 2.01. The molecule has 0 spiro atoms. The molecular weight excluding hydrogens is 275 g/mol. The van der Waals surface area contributed by atoms with E-state index in [1.165, 1.54) is 5.56 Å². The molecule has 4 heteroatoms. The molecule has 0 atom stereocenters. The van der Waals surface area contributed by atoms with Crippen molar-refractivity contribution in [3.8, 4) is 0 Å². The van der Waals surface area contributed by atoms with Gasteiger partial charge in [0.05, 0.1) is 17.9 Å². The molecule has 0 bridgehead atoms. The normalized spacial score (nSPS) is 10.5. The Bertz CT molecular complexity index is 453. The number of hydrogen-bond acceptors (Lipinski definition) is 1. The van der Waals surface area contributed by atoms with Gasteiger partial charge in [0.2, 0.25) is 0 Å². The van der Waals surface area contributed by atoms with Crippen molar-refractivity contribution in [1.29, 1.82) is 0 Å². The maximum absolute atomic E-state index is 5.69. The zero-order valence-corrected chi connectivity index (χ0v) is 10.4. The number of alkyl halides is 1. The SMILES string of the molecule is ClCc1cn(Cc2ccccc2Br)cn1. The molecule has 0 radical (unpaired) electrons. The van der Waals surface area contributed by atoms with Crippen LogP contribution in [0.2, 0.25) is 0 Å². The average molecular weight is 286 g/mol. The van der Waals surface area contributed by atoms with Crippen molar-refractivity contribution in [2.75, 3.05) is 0 Å². The Kier molecular flexibility index (Phi) is 3.44. The fraction of sp³-hybridized carbons (Fsp3) is 0.182. The van der Waals surface area contributed by atoms with E-state index in [9.17, 15) is 0 Å². The second kappa shape index (κ2) is 4.81. The van der Waals surface area contributed by atoms with Gasteiger partial charge >= 0.3 is 0 Å². The lowest BCUT2D eigenvalue weighted by atomic mass is 10.2. The van der Waals surface area contributed by atoms with Crippen LogP contribution in [0.5, 0.6) is 0 Å². The van der Waals surface area contributed by atoms with Crippen LogP contribution in [0.3, 0.4) is 0 Å². The lowest BCUT2D eigenvalue weighted by molar-refractivity contribution is 0.793. The summed E-state index contributed by atoms with van der Waals surface area (Å²) in [6, 6.07) is 8.16. The van der Waals surface area contributed by atoms with Crippen molar-refractivity contribution < 1.29 is 0 Å². The molecule has 78 valence electrons. The van der Waals surface area contributed by atoms with Gasteiger partial charge in [0.25, 0.3) is 0 Å². The molecule has 2 nitrogen and oxygen atoms in total. The third kappa shape index (κ3) is 2.61. The second-order valence-corrected chi connectivity index (χ2v) is 4.38. The van der Waals surface area contributed by atoms with Gasteiger partial charge in [-0.3, -0.25) is 0 Å². The van der Waals surface area contributed by atoms with Crippen LogP contribution in [0.15, 0.2) is 41.3 Å². The number of halogens is 2. The summed E-state index contributed by atoms with van der Waals surface area (Å²) in [5.41, 5.74) is 2.14. The summed E-state index contributed by atoms with van der Waals surface area (Å²) < 4.78 is 3.14. The van der Waals surface area contributed by atoms with Crippen molar-refractivity contribution in [2.45, 2.75) is 12.4 Å². The molecule has 1 aromatic carbocycles. The van der Waals surface area contributed by atoms with Gasteiger partial charge < -0.3 is 4.57 Å². The van der Waals surface area contributed by atoms with Gasteiger partial charge in [-0.05, 0) is 11.6 Å². The van der Waals surface area contributed by atoms with Gasteiger partial charge in [0.15, 0.2) is 0 Å². The predicted octanol–water partition coefficient (Wildman–Crippen LogP) is 3.43. The average Bonchev–Trinajstić information content (AvgIpc) is 2.69. The minimum atomic E-state index is 0.461. The maximum atomic E-state index is 5.69. The van der Waals surface area contributed by atoms with Crippen LogP contribution in [-0.4, -0.2) is 9.55 Å². The van der Waals surface area contributed by atoms with Crippen molar-refractivity contribution in [3.05, 3.63) is 52.5 Å². The van der Waals surface area contributed by atoms with Gasteiger partial charge in [-0.25, -0.2) is 4.98 Å². The molecule has 0 aliphatic carbocycles. The van der Waals surface area contributed by atoms with Crippen molar-refractivity contribution in [2.24, 2.45) is 0 Å². The molecule has 0 unspecified atom stereocenters. The van der Waals surface area contributed by atoms with Crippen LogP contribution in [0.4, 0.5) is 0 Å². The Morgan fingerprint density at radius 2 is 2.13 bits per heavy atom. The van der Waals surface area contributed by atoms with E-state index in [1.54, 1.807) is 6.33 Å². The fourth-order valence-corrected chi connectivity index (χ4v) is 1.93. The highest BCUT2D eigenvalue weighted by Crippen LogP contribution is 2.17. The lowest BCUT2D eigenvalue weighted by Crippen LogP contribution is -1.96. The van der Waals surface area contributed by atoms with Crippen LogP contribution in [-0.2, 0) is 12.4 Å². The summed E-state index contributed by atoms with van der Waals surface area (Å²) in [5.74, 6) is 0.461. The summed E-state index contributed by atoms with van der Waals surface area (Å²) in [5, 5.41) is 0. The molecule has 2 aromatic rings. The van der Waals surface area contributed by atoms with Gasteiger partial charge in [0.1, 0.15) is 0 Å². The first-order chi connectivity index (χ1) is 7.29. The summed E-state index contributed by atoms with van der Waals surface area (Å²) in [7, 11) is 0. The largest absolute Gasteiger partial charge is 0.333 e. The number of aromatic nitrogens is 2. The number of rotatable bonds is 3. The number of imidazole rings is 1. The molecule has 0 fully saturated rings. The first kappa shape index (κ1) is 10.7. The number of nitrogens with zero attached hydrogens (tertiary/aromatic N) is 2. The Morgan fingerprint density at radius 3 is 2.80 bits per heavy atom. The maximum Gasteiger partial charge on any atom is 0.0953 e. The molecule has 0 amide bonds. The fourth-order valence-electron chi connectivity index (χ4n) is 1.39. The highest BCUT2D eigenvalue weighted by molar-refractivity contribution is 9.10. The van der Waals surface area contributed by atoms with Crippen LogP contribution in [0, 0.1) is 0 Å². The predicted molar refractivity (Wildman–Crippen MR) is 65.0 cm³/mol. The molecular formula is C11H10BrClN2. The van der Waals surface area contributed by atoms with Gasteiger partial charge in [-0.1, -0.05) is 34.1 Å². The van der Waals surface area contributed by atoms with Crippen LogP contribution < -0.4 is 0 Å². The van der Waals surface area contributed by atoms with Crippen LogP contribution >= 0.6 is 27.5 Å². The number of hydrogen-bond donors (Lipinski definition) is 0. The Hall–Kier alpha value is -0.800. The zero-order chi connectivity index (χ0) is 10.7. The van der Waals surface area contributed by atoms with Gasteiger partial charge in [0, 0.05) is 17.2 Å². The standard InChI is InChI=1S/C11H10BrClN2/c12-11-4-2-1-3-9(11)6-15-7-10(5-13)14-8-15/h1-4,7-8H,5-6H2. The van der Waals surface area contributed by atoms with Crippen LogP contribution in [0.25, 0.3) is 0 Å². The van der Waals surface area contributed by atoms with Crippen molar-refractivity contribution in [3.63, 3.8) is 0 Å². The topological polar surface area (TPSA) is 17.8 Å². The van der Waals surface area contributed by atoms with E-state index in [2.05, 4.69) is 27.0 Å². The van der Waals surface area contributed by atoms with E-state index in [-0.39, 0.29) is 0 Å². The molecule has 15 heavy (non-hydrogen) atoms. The highest BCUT2D eigenvalue weighted by atomic mass is 79.9. The summed E-state index contributed by atoms with van der Waals surface area (Å²) >= 11 is 9.21. The Balaban J connectivity index is 2.18. The van der Waals surface area contributed by atoms with Crippen molar-refractivity contribution in [1.82, 2.24) is 9.55 Å². The van der Waals surface area contributed by atoms with E-state index in [0.29, 0.717) is 5.88 Å². The lowest BCUT2D eigenvalue weighted by Gasteiger charge is -2.04. The van der Waals surface area contributed by atoms with Crippen LogP contribution in [0.1, 0.15) is 11.3 Å². The van der Waals surface area contributed by atoms with E-state index in [1.807, 2.05) is 29.0 Å². The van der Waals surface area contributed by atoms with E-state index < -0.39 is 0 Å². The quantitative estimate of drug-likeness (QED) is 0.790. The molecule has 0 N–H and O–H groups in total. The minimum Gasteiger partial charge on any atom is -0.333 e. The van der Waals surface area contributed by atoms with E-state index >= 15 is 0 Å². The molecule has 1 heterocycles. The molecule has 0 saturated carbocycles. The first-order valence-corrected chi connectivity index (χ1v) is 5.92. The molecule has 0 aliphatic rings. The minimum absolute atomic E-state index is 0.461. The van der Waals surface area contributed by atoms with Crippen molar-refractivity contribution >= 4 is 27.5 Å². The summed E-state index contributed by atoms with van der Waals surface area (Å²) in [4.78, 5) is 4.18. The molecule has 0 aliphatic heterocycles. The Morgan fingerprint density at radius 1 is 1.33 bits per heavy atom. The first-order valence-electron chi connectivity index (χ1n) is 4.59. The zero-order valence-electron chi connectivity index (χ0n) is 8.03. The monoisotopic (exact) mass is 284 g/mol. The number of benzene rings is 1. The second-order valence-electron chi connectivity index (χ2n) is 3.26. The molecule has 2 rings (SSSR count). The molecule has 0 saturated heterocycles. The summed E-state index contributed by atoms with van der Waals surface area (Å²) in [6.45, 7) is 0.811. The van der Waals surface area contributed by atoms with Gasteiger partial charge in [-0.2, -0.15) is 0 Å². The third-order valence-corrected chi connectivity index (χ3v) is 3.18. The third-order valence-electron chi connectivity index (χ3n) is 2.13. The van der Waals surface area contributed by atoms with Gasteiger partial charge in [-0.15, -0.1) is 11.6 Å². The van der Waals surface area contributed by atoms with E-state index in [0.717, 1.165) is 16.7 Å². The Labute approximate surface area is 102 Å². The van der Waals surface area contributed by atoms with E-state index in [4.69, 9.17) is 11.6 Å². The smallest absolute Gasteiger partial charge is 0.0953 e. The summed E-state index contributed by atoms with van der Waals surface area (Å²) in [6.07, 6.45) is 3.77. The molecule has 1 aromatic heterocycles.